The van der Waals surface area contributed by atoms with Gasteiger partial charge in [0.15, 0.2) is 5.65 Å². The van der Waals surface area contributed by atoms with E-state index in [1.54, 1.807) is 6.07 Å². The lowest BCUT2D eigenvalue weighted by atomic mass is 10.1. The van der Waals surface area contributed by atoms with Crippen molar-refractivity contribution < 1.29 is 14.8 Å². The summed E-state index contributed by atoms with van der Waals surface area (Å²) >= 11 is 0. The zero-order chi connectivity index (χ0) is 25.6. The van der Waals surface area contributed by atoms with Gasteiger partial charge in [-0.15, -0.1) is 0 Å². The number of nitro benzene ring substituents is 1. The van der Waals surface area contributed by atoms with Crippen LogP contribution in [0.25, 0.3) is 22.1 Å². The van der Waals surface area contributed by atoms with Crippen molar-refractivity contribution in [3.63, 3.8) is 0 Å². The van der Waals surface area contributed by atoms with Gasteiger partial charge >= 0.3 is 5.97 Å². The Balaban J connectivity index is 1.50. The Bertz CT molecular complexity index is 1660. The molecule has 3 heterocycles. The van der Waals surface area contributed by atoms with Crippen molar-refractivity contribution in [3.05, 3.63) is 98.6 Å². The third kappa shape index (κ3) is 3.98. The van der Waals surface area contributed by atoms with Gasteiger partial charge in [-0.1, -0.05) is 25.1 Å². The van der Waals surface area contributed by atoms with Gasteiger partial charge in [-0.3, -0.25) is 10.1 Å². The zero-order valence-electron chi connectivity index (χ0n) is 20.2. The van der Waals surface area contributed by atoms with Gasteiger partial charge in [0.2, 0.25) is 0 Å². The summed E-state index contributed by atoms with van der Waals surface area (Å²) < 4.78 is 4.07. The Hall–Kier alpha value is -4.53. The van der Waals surface area contributed by atoms with E-state index in [0.29, 0.717) is 12.1 Å². The van der Waals surface area contributed by atoms with Gasteiger partial charge in [-0.25, -0.2) is 14.8 Å². The van der Waals surface area contributed by atoms with Gasteiger partial charge in [0.25, 0.3) is 5.69 Å². The summed E-state index contributed by atoms with van der Waals surface area (Å²) in [5.74, 6) is -0.329. The fraction of sp³-hybridized carbons (Fsp3) is 0.222. The highest BCUT2D eigenvalue weighted by Crippen LogP contribution is 2.26. The number of nitrogens with zero attached hydrogens (tertiary/aromatic N) is 5. The summed E-state index contributed by atoms with van der Waals surface area (Å²) in [4.78, 5) is 32.1. The Morgan fingerprint density at radius 2 is 1.89 bits per heavy atom. The Kier molecular flexibility index (Phi) is 5.75. The molecule has 1 N–H and O–H groups in total. The number of imidazole rings is 1. The maximum absolute atomic E-state index is 11.8. The van der Waals surface area contributed by atoms with Crippen molar-refractivity contribution >= 4 is 33.7 Å². The van der Waals surface area contributed by atoms with Crippen molar-refractivity contribution in [3.8, 4) is 0 Å². The molecule has 0 aliphatic heterocycles. The van der Waals surface area contributed by atoms with Crippen LogP contribution in [-0.2, 0) is 19.5 Å². The minimum Gasteiger partial charge on any atom is -0.477 e. The summed E-state index contributed by atoms with van der Waals surface area (Å²) in [6.45, 7) is 6.97. The number of carbonyl (C=O) groups is 1. The summed E-state index contributed by atoms with van der Waals surface area (Å²) in [5.41, 5.74) is 5.58. The highest BCUT2D eigenvalue weighted by Gasteiger charge is 2.23. The molecule has 9 nitrogen and oxygen atoms in total. The fourth-order valence-electron chi connectivity index (χ4n) is 4.85. The quantitative estimate of drug-likeness (QED) is 0.249. The molecule has 0 aliphatic rings. The molecule has 0 spiro atoms. The van der Waals surface area contributed by atoms with E-state index in [2.05, 4.69) is 24.5 Å². The van der Waals surface area contributed by atoms with Crippen LogP contribution in [0.2, 0.25) is 0 Å². The Morgan fingerprint density at radius 3 is 2.61 bits per heavy atom. The molecule has 0 radical (unpaired) electrons. The van der Waals surface area contributed by atoms with Crippen LogP contribution in [-0.4, -0.2) is 35.1 Å². The number of hydrogen-bond acceptors (Lipinski definition) is 5. The van der Waals surface area contributed by atoms with Crippen LogP contribution >= 0.6 is 0 Å². The lowest BCUT2D eigenvalue weighted by Crippen LogP contribution is -2.10. The predicted molar refractivity (Wildman–Crippen MR) is 137 cm³/mol. The van der Waals surface area contributed by atoms with Gasteiger partial charge in [0.05, 0.1) is 11.5 Å². The van der Waals surface area contributed by atoms with E-state index in [-0.39, 0.29) is 12.1 Å². The minimum atomic E-state index is -1.31. The molecule has 0 fully saturated rings. The van der Waals surface area contributed by atoms with Gasteiger partial charge in [0.1, 0.15) is 16.9 Å². The normalized spacial score (nSPS) is 11.4. The van der Waals surface area contributed by atoms with Crippen LogP contribution in [0, 0.1) is 24.0 Å². The molecule has 0 amide bonds. The molecule has 3 aromatic heterocycles. The molecule has 0 atom stereocenters. The lowest BCUT2D eigenvalue weighted by molar-refractivity contribution is -0.385. The smallest absolute Gasteiger partial charge is 0.343 e. The van der Waals surface area contributed by atoms with E-state index < -0.39 is 16.6 Å². The number of benzene rings is 2. The average molecular weight is 484 g/mol. The molecule has 0 unspecified atom stereocenters. The molecule has 5 aromatic rings. The first-order valence-corrected chi connectivity index (χ1v) is 11.7. The topological polar surface area (TPSA) is 116 Å². The largest absolute Gasteiger partial charge is 0.477 e. The molecule has 182 valence electrons. The number of aromatic nitrogens is 4. The van der Waals surface area contributed by atoms with Gasteiger partial charge in [-0.2, -0.15) is 0 Å². The summed E-state index contributed by atoms with van der Waals surface area (Å²) in [6.07, 6.45) is 2.67. The highest BCUT2D eigenvalue weighted by molar-refractivity contribution is 5.94. The average Bonchev–Trinajstić information content (AvgIpc) is 3.39. The summed E-state index contributed by atoms with van der Waals surface area (Å²) in [7, 11) is 0. The number of nitro groups is 1. The molecule has 2 aromatic carbocycles. The molecule has 5 rings (SSSR count). The van der Waals surface area contributed by atoms with Crippen LogP contribution in [0.15, 0.2) is 54.7 Å². The predicted octanol–water partition coefficient (Wildman–Crippen LogP) is 5.27. The SMILES string of the molecule is CCc1nc2c(C)cc(C)nc2n1Cc1ccc2c(ccn2Cc2cccc([N+](=O)[O-])c2C(=O)O)c1. The van der Waals surface area contributed by atoms with E-state index in [1.807, 2.05) is 42.0 Å². The third-order valence-corrected chi connectivity index (χ3v) is 6.47. The van der Waals surface area contributed by atoms with Gasteiger partial charge < -0.3 is 14.2 Å². The first-order valence-electron chi connectivity index (χ1n) is 11.7. The second-order valence-corrected chi connectivity index (χ2v) is 8.93. The standard InChI is InChI=1S/C27H25N5O4/c1-4-23-29-25-16(2)12-17(3)28-26(25)31(23)14-18-8-9-21-19(13-18)10-11-30(21)15-20-6-5-7-22(32(35)36)24(20)27(33)34/h5-13H,4,14-15H2,1-3H3,(H,33,34). The van der Waals surface area contributed by atoms with E-state index in [1.165, 1.54) is 12.1 Å². The number of pyridine rings is 1. The second kappa shape index (κ2) is 8.92. The van der Waals surface area contributed by atoms with Crippen LogP contribution < -0.4 is 0 Å². The second-order valence-electron chi connectivity index (χ2n) is 8.93. The molecule has 36 heavy (non-hydrogen) atoms. The number of aromatic carboxylic acids is 1. The molecule has 9 heteroatoms. The zero-order valence-corrected chi connectivity index (χ0v) is 20.2. The molecular formula is C27H25N5O4. The molecule has 0 bridgehead atoms. The lowest BCUT2D eigenvalue weighted by Gasteiger charge is -2.11. The third-order valence-electron chi connectivity index (χ3n) is 6.47. The number of carboxylic acids is 1. The van der Waals surface area contributed by atoms with E-state index in [0.717, 1.165) is 51.1 Å². The molecular weight excluding hydrogens is 458 g/mol. The van der Waals surface area contributed by atoms with Crippen molar-refractivity contribution in [2.24, 2.45) is 0 Å². The first-order chi connectivity index (χ1) is 17.3. The van der Waals surface area contributed by atoms with Crippen LogP contribution in [0.5, 0.6) is 0 Å². The fourth-order valence-corrected chi connectivity index (χ4v) is 4.85. The van der Waals surface area contributed by atoms with E-state index in [9.17, 15) is 20.0 Å². The number of carboxylic acid groups (broad SMARTS) is 1. The van der Waals surface area contributed by atoms with Gasteiger partial charge in [0, 0.05) is 36.4 Å². The minimum absolute atomic E-state index is 0.209. The summed E-state index contributed by atoms with van der Waals surface area (Å²) in [5, 5.41) is 22.0. The Morgan fingerprint density at radius 1 is 1.08 bits per heavy atom. The van der Waals surface area contributed by atoms with Crippen LogP contribution in [0.1, 0.15) is 45.5 Å². The van der Waals surface area contributed by atoms with Crippen molar-refractivity contribution in [1.82, 2.24) is 19.1 Å². The number of rotatable bonds is 7. The monoisotopic (exact) mass is 483 g/mol. The maximum Gasteiger partial charge on any atom is 0.343 e. The first kappa shape index (κ1) is 23.2. The van der Waals surface area contributed by atoms with E-state index >= 15 is 0 Å². The highest BCUT2D eigenvalue weighted by atomic mass is 16.6. The Labute approximate surface area is 206 Å². The number of fused-ring (bicyclic) bond motifs is 2. The number of aryl methyl sites for hydroxylation is 3. The van der Waals surface area contributed by atoms with Crippen molar-refractivity contribution in [2.75, 3.05) is 0 Å². The number of hydrogen-bond donors (Lipinski definition) is 1. The van der Waals surface area contributed by atoms with Crippen LogP contribution in [0.4, 0.5) is 5.69 Å². The van der Waals surface area contributed by atoms with Crippen LogP contribution in [0.3, 0.4) is 0 Å². The molecule has 0 aliphatic carbocycles. The molecule has 0 saturated carbocycles. The van der Waals surface area contributed by atoms with Crippen molar-refractivity contribution in [1.29, 1.82) is 0 Å². The summed E-state index contributed by atoms with van der Waals surface area (Å²) in [6, 6.07) is 14.5. The maximum atomic E-state index is 11.8. The van der Waals surface area contributed by atoms with Crippen molar-refractivity contribution in [2.45, 2.75) is 40.3 Å². The van der Waals surface area contributed by atoms with E-state index in [4.69, 9.17) is 9.97 Å². The van der Waals surface area contributed by atoms with Gasteiger partial charge in [-0.05, 0) is 60.2 Å². The molecule has 0 saturated heterocycles.